The lowest BCUT2D eigenvalue weighted by atomic mass is 10.2. The number of aromatic hydroxyl groups is 1. The summed E-state index contributed by atoms with van der Waals surface area (Å²) in [7, 11) is 1.49. The third kappa shape index (κ3) is 2.15. The van der Waals surface area contributed by atoms with Crippen molar-refractivity contribution in [1.82, 2.24) is 9.38 Å². The van der Waals surface area contributed by atoms with E-state index in [1.54, 1.807) is 28.7 Å². The number of rotatable bonds is 2. The van der Waals surface area contributed by atoms with E-state index < -0.39 is 0 Å². The van der Waals surface area contributed by atoms with Gasteiger partial charge in [0.25, 0.3) is 5.56 Å². The number of phenols is 1. The molecule has 1 N–H and O–H groups in total. The fourth-order valence-corrected chi connectivity index (χ4v) is 3.53. The summed E-state index contributed by atoms with van der Waals surface area (Å²) in [5.41, 5.74) is 2.32. The van der Waals surface area contributed by atoms with Crippen LogP contribution in [0.4, 0.5) is 0 Å². The number of thiazole rings is 1. The van der Waals surface area contributed by atoms with E-state index in [2.05, 4.69) is 4.98 Å². The maximum absolute atomic E-state index is 12.7. The first-order valence-corrected chi connectivity index (χ1v) is 7.78. The van der Waals surface area contributed by atoms with Crippen LogP contribution in [0.15, 0.2) is 47.3 Å². The lowest BCUT2D eigenvalue weighted by Crippen LogP contribution is -2.22. The number of benzene rings is 2. The van der Waals surface area contributed by atoms with Crippen LogP contribution < -0.4 is 14.8 Å². The van der Waals surface area contributed by atoms with E-state index in [0.29, 0.717) is 15.2 Å². The van der Waals surface area contributed by atoms with Crippen LogP contribution in [0.3, 0.4) is 0 Å². The van der Waals surface area contributed by atoms with Crippen LogP contribution in [-0.2, 0) is 0 Å². The molecular weight excluding hydrogens is 312 g/mol. The Bertz CT molecular complexity index is 1140. The van der Waals surface area contributed by atoms with Gasteiger partial charge in [-0.1, -0.05) is 29.5 Å². The zero-order valence-corrected chi connectivity index (χ0v) is 13.0. The van der Waals surface area contributed by atoms with E-state index in [4.69, 9.17) is 4.74 Å². The summed E-state index contributed by atoms with van der Waals surface area (Å²) in [5, 5.41) is 9.64. The molecule has 0 amide bonds. The van der Waals surface area contributed by atoms with Gasteiger partial charge in [0.1, 0.15) is 0 Å². The molecule has 0 atom stereocenters. The molecule has 0 radical (unpaired) electrons. The molecule has 23 heavy (non-hydrogen) atoms. The molecule has 0 aliphatic rings. The molecular formula is C17H12N2O3S. The molecule has 0 bridgehead atoms. The third-order valence-corrected chi connectivity index (χ3v) is 4.62. The molecule has 0 aliphatic heterocycles. The molecule has 2 heterocycles. The normalized spacial score (nSPS) is 12.3. The van der Waals surface area contributed by atoms with Crippen molar-refractivity contribution in [2.75, 3.05) is 7.11 Å². The molecule has 2 aromatic heterocycles. The number of hydrogen-bond acceptors (Lipinski definition) is 5. The number of methoxy groups -OCH3 is 1. The predicted octanol–water partition coefficient (Wildman–Crippen LogP) is 2.17. The molecule has 2 aromatic carbocycles. The smallest absolute Gasteiger partial charge is 0.274 e. The van der Waals surface area contributed by atoms with Crippen LogP contribution in [0.1, 0.15) is 5.56 Å². The van der Waals surface area contributed by atoms with Crippen LogP contribution in [0, 0.1) is 0 Å². The van der Waals surface area contributed by atoms with Gasteiger partial charge in [-0.25, -0.2) is 9.38 Å². The zero-order chi connectivity index (χ0) is 16.0. The van der Waals surface area contributed by atoms with Crippen molar-refractivity contribution in [3.8, 4) is 11.5 Å². The molecule has 0 saturated heterocycles. The van der Waals surface area contributed by atoms with E-state index >= 15 is 0 Å². The second-order valence-corrected chi connectivity index (χ2v) is 6.07. The second kappa shape index (κ2) is 5.10. The molecule has 0 fully saturated rings. The number of phenolic OH excluding ortho intramolecular Hbond substituents is 1. The minimum atomic E-state index is -0.0919. The van der Waals surface area contributed by atoms with Gasteiger partial charge in [0.2, 0.25) is 0 Å². The highest BCUT2D eigenvalue weighted by molar-refractivity contribution is 7.15. The van der Waals surface area contributed by atoms with Crippen LogP contribution in [0.5, 0.6) is 11.5 Å². The number of imidazole rings is 1. The number of nitrogens with zero attached hydrogens (tertiary/aromatic N) is 2. The van der Waals surface area contributed by atoms with Gasteiger partial charge in [0.15, 0.2) is 16.5 Å². The summed E-state index contributed by atoms with van der Waals surface area (Å²) in [6, 6.07) is 12.5. The molecule has 6 heteroatoms. The van der Waals surface area contributed by atoms with Crippen LogP contribution in [0.25, 0.3) is 22.1 Å². The fraction of sp³-hybridized carbons (Fsp3) is 0.0588. The first-order chi connectivity index (χ1) is 11.2. The van der Waals surface area contributed by atoms with E-state index in [0.717, 1.165) is 16.6 Å². The van der Waals surface area contributed by atoms with Crippen molar-refractivity contribution in [3.05, 3.63) is 62.9 Å². The average molecular weight is 324 g/mol. The van der Waals surface area contributed by atoms with Gasteiger partial charge < -0.3 is 9.84 Å². The quantitative estimate of drug-likeness (QED) is 0.614. The Hall–Kier alpha value is -2.86. The molecule has 4 aromatic rings. The maximum Gasteiger partial charge on any atom is 0.274 e. The zero-order valence-electron chi connectivity index (χ0n) is 12.2. The minimum Gasteiger partial charge on any atom is -0.504 e. The lowest BCUT2D eigenvalue weighted by Gasteiger charge is -2.03. The van der Waals surface area contributed by atoms with E-state index in [9.17, 15) is 9.90 Å². The van der Waals surface area contributed by atoms with Crippen molar-refractivity contribution in [2.45, 2.75) is 0 Å². The average Bonchev–Trinajstić information content (AvgIpc) is 3.06. The molecule has 0 aliphatic carbocycles. The van der Waals surface area contributed by atoms with Crippen molar-refractivity contribution in [2.24, 2.45) is 0 Å². The molecule has 0 spiro atoms. The summed E-state index contributed by atoms with van der Waals surface area (Å²) in [4.78, 5) is 17.8. The van der Waals surface area contributed by atoms with Gasteiger partial charge in [0, 0.05) is 0 Å². The minimum absolute atomic E-state index is 0.0685. The summed E-state index contributed by atoms with van der Waals surface area (Å²) >= 11 is 1.34. The van der Waals surface area contributed by atoms with Crippen molar-refractivity contribution in [3.63, 3.8) is 0 Å². The highest BCUT2D eigenvalue weighted by Gasteiger charge is 2.10. The molecule has 5 nitrogen and oxygen atoms in total. The standard InChI is InChI=1S/C17H12N2O3S/c1-22-14-8-10(6-7-13(14)20)9-15-16(21)19-12-5-3-2-4-11(12)18-17(19)23-15/h2-9,20H,1H3/b15-9-. The van der Waals surface area contributed by atoms with Crippen LogP contribution in [0.2, 0.25) is 0 Å². The fourth-order valence-electron chi connectivity index (χ4n) is 2.55. The van der Waals surface area contributed by atoms with E-state index in [1.807, 2.05) is 24.3 Å². The van der Waals surface area contributed by atoms with Crippen molar-refractivity contribution >= 4 is 33.4 Å². The topological polar surface area (TPSA) is 63.8 Å². The number of fused-ring (bicyclic) bond motifs is 3. The predicted molar refractivity (Wildman–Crippen MR) is 90.3 cm³/mol. The number of aromatic nitrogens is 2. The first-order valence-electron chi connectivity index (χ1n) is 6.96. The Balaban J connectivity index is 1.95. The van der Waals surface area contributed by atoms with Gasteiger partial charge in [-0.15, -0.1) is 0 Å². The lowest BCUT2D eigenvalue weighted by molar-refractivity contribution is 0.373. The Morgan fingerprint density at radius 3 is 2.91 bits per heavy atom. The Labute approximate surface area is 134 Å². The summed E-state index contributed by atoms with van der Waals surface area (Å²) < 4.78 is 7.31. The number of ether oxygens (including phenoxy) is 1. The highest BCUT2D eigenvalue weighted by atomic mass is 32.1. The Morgan fingerprint density at radius 2 is 2.09 bits per heavy atom. The molecule has 0 saturated carbocycles. The van der Waals surface area contributed by atoms with E-state index in [1.165, 1.54) is 18.4 Å². The third-order valence-electron chi connectivity index (χ3n) is 3.65. The number of para-hydroxylation sites is 2. The molecule has 0 unspecified atom stereocenters. The van der Waals surface area contributed by atoms with Gasteiger partial charge in [-0.3, -0.25) is 4.79 Å². The van der Waals surface area contributed by atoms with Crippen molar-refractivity contribution in [1.29, 1.82) is 0 Å². The monoisotopic (exact) mass is 324 g/mol. The Kier molecular flexibility index (Phi) is 3.06. The molecule has 114 valence electrons. The Morgan fingerprint density at radius 1 is 1.26 bits per heavy atom. The summed E-state index contributed by atoms with van der Waals surface area (Å²) in [5.74, 6) is 0.442. The summed E-state index contributed by atoms with van der Waals surface area (Å²) in [6.07, 6.45) is 1.78. The highest BCUT2D eigenvalue weighted by Crippen LogP contribution is 2.26. The van der Waals surface area contributed by atoms with Gasteiger partial charge in [-0.05, 0) is 35.9 Å². The SMILES string of the molecule is COc1cc(/C=c2\sc3nc4ccccc4n3c2=O)ccc1O. The maximum atomic E-state index is 12.7. The van der Waals surface area contributed by atoms with Gasteiger partial charge in [-0.2, -0.15) is 0 Å². The van der Waals surface area contributed by atoms with Crippen molar-refractivity contribution < 1.29 is 9.84 Å². The first kappa shape index (κ1) is 13.8. The number of hydrogen-bond donors (Lipinski definition) is 1. The summed E-state index contributed by atoms with van der Waals surface area (Å²) in [6.45, 7) is 0. The van der Waals surface area contributed by atoms with Gasteiger partial charge >= 0.3 is 0 Å². The van der Waals surface area contributed by atoms with Crippen LogP contribution in [-0.4, -0.2) is 21.6 Å². The van der Waals surface area contributed by atoms with Crippen LogP contribution >= 0.6 is 11.3 Å². The largest absolute Gasteiger partial charge is 0.504 e. The van der Waals surface area contributed by atoms with E-state index in [-0.39, 0.29) is 11.3 Å². The second-order valence-electron chi connectivity index (χ2n) is 5.07. The molecule has 4 rings (SSSR count). The van der Waals surface area contributed by atoms with Gasteiger partial charge in [0.05, 0.1) is 22.7 Å².